The molecule has 0 spiro atoms. The van der Waals surface area contributed by atoms with Gasteiger partial charge in [-0.2, -0.15) is 5.10 Å². The lowest BCUT2D eigenvalue weighted by Crippen LogP contribution is -1.98. The molecule has 7 nitrogen and oxygen atoms in total. The number of unbranched alkanes of at least 4 members (excludes halogenated alkanes) is 3. The third kappa shape index (κ3) is 6.38. The van der Waals surface area contributed by atoms with Crippen LogP contribution in [0.2, 0.25) is 0 Å². The second-order valence-corrected chi connectivity index (χ2v) is 7.56. The molecule has 0 fully saturated rings. The molecule has 0 bridgehead atoms. The average Bonchev–Trinajstić information content (AvgIpc) is 3.23. The van der Waals surface area contributed by atoms with Crippen molar-refractivity contribution in [2.75, 3.05) is 12.0 Å². The van der Waals surface area contributed by atoms with Crippen LogP contribution in [-0.2, 0) is 0 Å². The summed E-state index contributed by atoms with van der Waals surface area (Å²) in [6, 6.07) is 14.2. The second kappa shape index (κ2) is 11.1. The van der Waals surface area contributed by atoms with E-state index in [1.165, 1.54) is 42.7 Å². The van der Waals surface area contributed by atoms with E-state index >= 15 is 0 Å². The van der Waals surface area contributed by atoms with Gasteiger partial charge in [-0.25, -0.2) is 4.98 Å². The highest BCUT2D eigenvalue weighted by Gasteiger charge is 2.09. The zero-order valence-electron chi connectivity index (χ0n) is 16.8. The van der Waals surface area contributed by atoms with Crippen molar-refractivity contribution >= 4 is 28.4 Å². The fourth-order valence-electron chi connectivity index (χ4n) is 2.80. The number of ether oxygens (including phenoxy) is 1. The normalized spacial score (nSPS) is 11.0. The zero-order chi connectivity index (χ0) is 21.2. The summed E-state index contributed by atoms with van der Waals surface area (Å²) < 4.78 is 5.80. The molecule has 3 aromatic rings. The van der Waals surface area contributed by atoms with Crippen LogP contribution in [0.1, 0.15) is 38.2 Å². The Morgan fingerprint density at radius 3 is 2.90 bits per heavy atom. The van der Waals surface area contributed by atoms with Gasteiger partial charge in [0.05, 0.1) is 23.4 Å². The minimum absolute atomic E-state index is 0.0421. The van der Waals surface area contributed by atoms with E-state index in [4.69, 9.17) is 4.74 Å². The molecule has 0 amide bonds. The third-order valence-electron chi connectivity index (χ3n) is 4.36. The Bertz CT molecular complexity index is 1000. The summed E-state index contributed by atoms with van der Waals surface area (Å²) >= 11 is 1.38. The average molecular weight is 425 g/mol. The fraction of sp³-hybridized carbons (Fsp3) is 0.273. The molecule has 0 aliphatic carbocycles. The lowest BCUT2D eigenvalue weighted by atomic mass is 10.1. The van der Waals surface area contributed by atoms with Gasteiger partial charge in [0.15, 0.2) is 0 Å². The monoisotopic (exact) mass is 424 g/mol. The van der Waals surface area contributed by atoms with Crippen LogP contribution in [0.4, 0.5) is 10.8 Å². The van der Waals surface area contributed by atoms with Crippen LogP contribution in [0, 0.1) is 10.1 Å². The fourth-order valence-corrected chi connectivity index (χ4v) is 3.47. The van der Waals surface area contributed by atoms with E-state index in [1.54, 1.807) is 18.3 Å². The van der Waals surface area contributed by atoms with Crippen molar-refractivity contribution in [3.63, 3.8) is 0 Å². The number of benzene rings is 2. The first kappa shape index (κ1) is 21.4. The number of hydrogen-bond acceptors (Lipinski definition) is 7. The molecule has 0 saturated heterocycles. The van der Waals surface area contributed by atoms with E-state index in [2.05, 4.69) is 22.4 Å². The molecule has 0 atom stereocenters. The van der Waals surface area contributed by atoms with Gasteiger partial charge in [0.2, 0.25) is 5.13 Å². The number of non-ortho nitro benzene ring substituents is 1. The minimum Gasteiger partial charge on any atom is -0.494 e. The van der Waals surface area contributed by atoms with Crippen LogP contribution in [0.25, 0.3) is 11.3 Å². The first-order valence-electron chi connectivity index (χ1n) is 9.88. The van der Waals surface area contributed by atoms with Crippen molar-refractivity contribution in [2.24, 2.45) is 5.10 Å². The molecule has 3 rings (SSSR count). The third-order valence-corrected chi connectivity index (χ3v) is 5.10. The maximum absolute atomic E-state index is 10.9. The van der Waals surface area contributed by atoms with Crippen molar-refractivity contribution in [1.29, 1.82) is 0 Å². The number of thiazole rings is 1. The summed E-state index contributed by atoms with van der Waals surface area (Å²) in [7, 11) is 0. The summed E-state index contributed by atoms with van der Waals surface area (Å²) in [5.74, 6) is 0.831. The Morgan fingerprint density at radius 2 is 2.07 bits per heavy atom. The number of nitro groups is 1. The van der Waals surface area contributed by atoms with E-state index in [9.17, 15) is 10.1 Å². The van der Waals surface area contributed by atoms with Crippen LogP contribution in [0.5, 0.6) is 5.75 Å². The molecular formula is C22H24N4O3S. The van der Waals surface area contributed by atoms with Gasteiger partial charge in [0.1, 0.15) is 5.75 Å². The Hall–Kier alpha value is -3.26. The van der Waals surface area contributed by atoms with Gasteiger partial charge in [-0.05, 0) is 24.1 Å². The number of hydrogen-bond donors (Lipinski definition) is 1. The van der Waals surface area contributed by atoms with Crippen LogP contribution >= 0.6 is 11.3 Å². The van der Waals surface area contributed by atoms with Crippen molar-refractivity contribution in [2.45, 2.75) is 32.6 Å². The number of nitrogens with zero attached hydrogens (tertiary/aromatic N) is 3. The smallest absolute Gasteiger partial charge is 0.270 e. The van der Waals surface area contributed by atoms with Crippen molar-refractivity contribution < 1.29 is 9.66 Å². The molecule has 30 heavy (non-hydrogen) atoms. The minimum atomic E-state index is -0.414. The predicted molar refractivity (Wildman–Crippen MR) is 122 cm³/mol. The van der Waals surface area contributed by atoms with Gasteiger partial charge in [0.25, 0.3) is 5.69 Å². The molecular weight excluding hydrogens is 400 g/mol. The molecule has 0 aliphatic heterocycles. The number of rotatable bonds is 11. The first-order chi connectivity index (χ1) is 14.7. The number of hydrazone groups is 1. The number of anilines is 1. The number of nitro benzene ring substituents is 1. The van der Waals surface area contributed by atoms with E-state index in [0.29, 0.717) is 16.4 Å². The summed E-state index contributed by atoms with van der Waals surface area (Å²) in [5, 5.41) is 17.6. The molecule has 156 valence electrons. The predicted octanol–water partition coefficient (Wildman–Crippen LogP) is 6.12. The van der Waals surface area contributed by atoms with Gasteiger partial charge < -0.3 is 4.74 Å². The van der Waals surface area contributed by atoms with Gasteiger partial charge in [-0.15, -0.1) is 11.3 Å². The quantitative estimate of drug-likeness (QED) is 0.173. The summed E-state index contributed by atoms with van der Waals surface area (Å²) in [4.78, 5) is 15.0. The molecule has 1 heterocycles. The van der Waals surface area contributed by atoms with Crippen LogP contribution in [0.15, 0.2) is 59.0 Å². The largest absolute Gasteiger partial charge is 0.494 e. The maximum Gasteiger partial charge on any atom is 0.270 e. The van der Waals surface area contributed by atoms with Gasteiger partial charge in [-0.1, -0.05) is 50.5 Å². The SMILES string of the molecule is CCCCCCOc1cccc(/C=N/Nc2nc(-c3cccc([N+](=O)[O-])c3)cs2)c1. The standard InChI is InChI=1S/C22H24N4O3S/c1-2-3-4-5-12-29-20-11-6-8-17(13-20)15-23-25-22-24-21(16-30-22)18-9-7-10-19(14-18)26(27)28/h6-11,13-16H,2-5,12H2,1H3,(H,24,25)/b23-15+. The molecule has 2 aromatic carbocycles. The molecule has 0 unspecified atom stereocenters. The number of aromatic nitrogens is 1. The number of nitrogens with one attached hydrogen (secondary N) is 1. The highest BCUT2D eigenvalue weighted by atomic mass is 32.1. The van der Waals surface area contributed by atoms with Crippen LogP contribution in [-0.4, -0.2) is 22.7 Å². The highest BCUT2D eigenvalue weighted by molar-refractivity contribution is 7.14. The van der Waals surface area contributed by atoms with Crippen LogP contribution < -0.4 is 10.2 Å². The Labute approximate surface area is 179 Å². The molecule has 8 heteroatoms. The van der Waals surface area contributed by atoms with Gasteiger partial charge in [0, 0.05) is 23.1 Å². The topological polar surface area (TPSA) is 89.7 Å². The molecule has 1 aromatic heterocycles. The molecule has 0 saturated carbocycles. The van der Waals surface area contributed by atoms with E-state index in [1.807, 2.05) is 29.6 Å². The summed E-state index contributed by atoms with van der Waals surface area (Å²) in [6.45, 7) is 2.91. The van der Waals surface area contributed by atoms with Crippen molar-refractivity contribution in [3.05, 3.63) is 69.6 Å². The molecule has 0 radical (unpaired) electrons. The van der Waals surface area contributed by atoms with Crippen molar-refractivity contribution in [1.82, 2.24) is 4.98 Å². The molecule has 0 aliphatic rings. The Kier molecular flexibility index (Phi) is 7.91. The van der Waals surface area contributed by atoms with Crippen LogP contribution in [0.3, 0.4) is 0 Å². The van der Waals surface area contributed by atoms with Crippen molar-refractivity contribution in [3.8, 4) is 17.0 Å². The first-order valence-corrected chi connectivity index (χ1v) is 10.8. The van der Waals surface area contributed by atoms with E-state index in [-0.39, 0.29) is 5.69 Å². The lowest BCUT2D eigenvalue weighted by Gasteiger charge is -2.06. The zero-order valence-corrected chi connectivity index (χ0v) is 17.6. The second-order valence-electron chi connectivity index (χ2n) is 6.70. The van der Waals surface area contributed by atoms with Gasteiger partial charge in [-0.3, -0.25) is 15.5 Å². The van der Waals surface area contributed by atoms with E-state index in [0.717, 1.165) is 24.3 Å². The Balaban J connectivity index is 1.55. The summed E-state index contributed by atoms with van der Waals surface area (Å²) in [5.41, 5.74) is 5.23. The summed E-state index contributed by atoms with van der Waals surface area (Å²) in [6.07, 6.45) is 6.41. The lowest BCUT2D eigenvalue weighted by molar-refractivity contribution is -0.384. The molecule has 1 N–H and O–H groups in total. The maximum atomic E-state index is 10.9. The van der Waals surface area contributed by atoms with E-state index < -0.39 is 4.92 Å². The highest BCUT2D eigenvalue weighted by Crippen LogP contribution is 2.27. The van der Waals surface area contributed by atoms with Gasteiger partial charge >= 0.3 is 0 Å². The Morgan fingerprint density at radius 1 is 1.20 bits per heavy atom.